The summed E-state index contributed by atoms with van der Waals surface area (Å²) < 4.78 is 26.0. The van der Waals surface area contributed by atoms with E-state index in [1.807, 2.05) is 93.6 Å². The lowest BCUT2D eigenvalue weighted by Crippen LogP contribution is -2.69. The van der Waals surface area contributed by atoms with E-state index in [2.05, 4.69) is 18.0 Å². The molecule has 328 valence electrons. The minimum absolute atomic E-state index is 0.00103. The molecule has 1 fully saturated rings. The lowest BCUT2D eigenvalue weighted by Gasteiger charge is -2.59. The Hall–Kier alpha value is -5.17. The summed E-state index contributed by atoms with van der Waals surface area (Å²) in [7, 11) is 1.71. The van der Waals surface area contributed by atoms with Crippen LogP contribution in [0.3, 0.4) is 0 Å². The Labute approximate surface area is 360 Å². The van der Waals surface area contributed by atoms with Gasteiger partial charge in [-0.2, -0.15) is 0 Å². The third-order valence-electron chi connectivity index (χ3n) is 11.8. The van der Waals surface area contributed by atoms with Crippen LogP contribution in [0.5, 0.6) is 11.5 Å². The number of aliphatic hydroxyl groups is 2. The molecule has 0 radical (unpaired) electrons. The Balaban J connectivity index is 1.49. The number of hydrogen-bond donors (Lipinski definition) is 3. The van der Waals surface area contributed by atoms with Gasteiger partial charge in [-0.15, -0.1) is 6.58 Å². The number of nitrogens with one attached hydrogen (secondary N) is 1. The maximum absolute atomic E-state index is 14.1. The Morgan fingerprint density at radius 3 is 2.33 bits per heavy atom. The third kappa shape index (κ3) is 11.2. The van der Waals surface area contributed by atoms with Crippen LogP contribution in [0.25, 0.3) is 0 Å². The smallest absolute Gasteiger partial charge is 0.412 e. The normalized spacial score (nSPS) is 23.4. The van der Waals surface area contributed by atoms with Crippen LogP contribution in [-0.4, -0.2) is 78.3 Å². The lowest BCUT2D eigenvalue weighted by atomic mass is 9.55. The first-order valence-corrected chi connectivity index (χ1v) is 21.6. The molecule has 6 rings (SSSR count). The van der Waals surface area contributed by atoms with Crippen LogP contribution >= 0.6 is 0 Å². The summed E-state index contributed by atoms with van der Waals surface area (Å²) in [5.74, 6) is -1.31. The van der Waals surface area contributed by atoms with Crippen molar-refractivity contribution in [2.75, 3.05) is 33.5 Å². The summed E-state index contributed by atoms with van der Waals surface area (Å²) in [6, 6.07) is 24.1. The van der Waals surface area contributed by atoms with Gasteiger partial charge in [-0.1, -0.05) is 112 Å². The molecule has 0 bridgehead atoms. The van der Waals surface area contributed by atoms with Gasteiger partial charge in [-0.25, -0.2) is 9.59 Å². The number of carbonyl (C=O) groups excluding carboxylic acids is 2. The lowest BCUT2D eigenvalue weighted by molar-refractivity contribution is -0.253. The van der Waals surface area contributed by atoms with Crippen molar-refractivity contribution in [3.63, 3.8) is 0 Å². The molecular formula is C49H63N3O9. The molecule has 3 N–H and O–H groups in total. The molecule has 0 saturated heterocycles. The van der Waals surface area contributed by atoms with Gasteiger partial charge < -0.3 is 44.2 Å². The van der Waals surface area contributed by atoms with Crippen molar-refractivity contribution >= 4 is 17.9 Å². The van der Waals surface area contributed by atoms with Gasteiger partial charge >= 0.3 is 12.2 Å². The number of nitrogens with zero attached hydrogens (tertiary/aromatic N) is 2. The largest absolute Gasteiger partial charge is 0.459 e. The second-order valence-corrected chi connectivity index (χ2v) is 17.5. The fourth-order valence-corrected chi connectivity index (χ4v) is 8.97. The minimum atomic E-state index is -1.44. The van der Waals surface area contributed by atoms with E-state index < -0.39 is 29.9 Å². The topological polar surface area (TPSA) is 148 Å². The van der Waals surface area contributed by atoms with Gasteiger partial charge in [0.15, 0.2) is 0 Å². The van der Waals surface area contributed by atoms with E-state index in [9.17, 15) is 19.8 Å². The molecule has 6 atom stereocenters. The summed E-state index contributed by atoms with van der Waals surface area (Å²) in [6.45, 7) is 11.1. The zero-order valence-corrected chi connectivity index (χ0v) is 36.1. The van der Waals surface area contributed by atoms with E-state index in [0.29, 0.717) is 36.6 Å². The molecule has 0 aromatic heterocycles. The van der Waals surface area contributed by atoms with Crippen molar-refractivity contribution in [3.05, 3.63) is 120 Å². The average molecular weight is 838 g/mol. The van der Waals surface area contributed by atoms with Crippen LogP contribution in [0.4, 0.5) is 9.59 Å². The highest BCUT2D eigenvalue weighted by Crippen LogP contribution is 2.61. The van der Waals surface area contributed by atoms with Crippen molar-refractivity contribution < 1.29 is 43.6 Å². The van der Waals surface area contributed by atoms with Crippen LogP contribution < -0.4 is 14.8 Å². The molecule has 1 heterocycles. The number of oxime groups is 1. The third-order valence-corrected chi connectivity index (χ3v) is 11.8. The average Bonchev–Trinajstić information content (AvgIpc) is 3.25. The quantitative estimate of drug-likeness (QED) is 0.0612. The van der Waals surface area contributed by atoms with Crippen LogP contribution in [0.2, 0.25) is 0 Å². The van der Waals surface area contributed by atoms with Crippen LogP contribution in [-0.2, 0) is 27.5 Å². The predicted molar refractivity (Wildman–Crippen MR) is 234 cm³/mol. The van der Waals surface area contributed by atoms with E-state index in [0.717, 1.165) is 47.9 Å². The maximum Gasteiger partial charge on any atom is 0.412 e. The molecular weight excluding hydrogens is 775 g/mol. The number of benzene rings is 3. The molecule has 3 aromatic rings. The fourth-order valence-electron chi connectivity index (χ4n) is 8.97. The van der Waals surface area contributed by atoms with Gasteiger partial charge in [0.2, 0.25) is 5.79 Å². The maximum atomic E-state index is 14.1. The Morgan fingerprint density at radius 1 is 0.967 bits per heavy atom. The van der Waals surface area contributed by atoms with Crippen molar-refractivity contribution in [2.45, 2.75) is 96.6 Å². The van der Waals surface area contributed by atoms with Gasteiger partial charge in [-0.05, 0) is 77.8 Å². The highest BCUT2D eigenvalue weighted by atomic mass is 16.7. The second kappa shape index (κ2) is 21.1. The van der Waals surface area contributed by atoms with E-state index in [4.69, 9.17) is 28.9 Å². The number of rotatable bonds is 19. The van der Waals surface area contributed by atoms with Gasteiger partial charge in [0.05, 0.1) is 24.8 Å². The first-order chi connectivity index (χ1) is 29.5. The first kappa shape index (κ1) is 45.4. The van der Waals surface area contributed by atoms with Crippen molar-refractivity contribution in [2.24, 2.45) is 28.3 Å². The SMILES string of the molecule is C=CCOC12Oc3ccc(OC(=O)NCc4ccccc4)cc3C3C(CCCCO)C(CCCCO)C=C(C(=NOCc4ccccc4)CC1N(C)C(=O)OCC(C)(C)C)C32. The van der Waals surface area contributed by atoms with Gasteiger partial charge in [-0.3, -0.25) is 0 Å². The summed E-state index contributed by atoms with van der Waals surface area (Å²) in [5.41, 5.74) is 4.05. The number of amides is 2. The monoisotopic (exact) mass is 837 g/mol. The molecule has 12 nitrogen and oxygen atoms in total. The number of allylic oxidation sites excluding steroid dienone is 1. The molecule has 2 aliphatic carbocycles. The van der Waals surface area contributed by atoms with E-state index in [1.165, 1.54) is 0 Å². The zero-order chi connectivity index (χ0) is 43.4. The predicted octanol–water partition coefficient (Wildman–Crippen LogP) is 8.92. The molecule has 61 heavy (non-hydrogen) atoms. The molecule has 1 saturated carbocycles. The fraction of sp³-hybridized carbons (Fsp3) is 0.490. The Bertz CT molecular complexity index is 1980. The molecule has 0 spiro atoms. The molecule has 6 unspecified atom stereocenters. The molecule has 2 amide bonds. The second-order valence-electron chi connectivity index (χ2n) is 17.5. The van der Waals surface area contributed by atoms with Crippen LogP contribution in [0.1, 0.15) is 88.3 Å². The van der Waals surface area contributed by atoms with Crippen LogP contribution in [0.15, 0.2) is 108 Å². The first-order valence-electron chi connectivity index (χ1n) is 21.6. The van der Waals surface area contributed by atoms with Crippen LogP contribution in [0, 0.1) is 23.2 Å². The number of hydrogen-bond acceptors (Lipinski definition) is 10. The van der Waals surface area contributed by atoms with Gasteiger partial charge in [0.25, 0.3) is 0 Å². The number of aliphatic hydroxyl groups excluding tert-OH is 2. The highest BCUT2D eigenvalue weighted by molar-refractivity contribution is 6.03. The Morgan fingerprint density at radius 2 is 1.66 bits per heavy atom. The molecule has 3 aromatic carbocycles. The summed E-state index contributed by atoms with van der Waals surface area (Å²) in [6.07, 6.45) is 7.51. The number of likely N-dealkylation sites (N-methyl/N-ethyl adjacent to an activating group) is 1. The van der Waals surface area contributed by atoms with Gasteiger partial charge in [0.1, 0.15) is 24.1 Å². The standard InChI is InChI=1S/C49H63N3O9/c1-6-27-58-49-43(52(5)47(56)57-33-48(2,3)4)30-41(51-59-32-35-19-11-8-12-20-35)39-28-36(21-13-15-25-53)38(22-14-16-26-54)44(45(39)49)40-29-37(23-24-42(40)61-49)60-46(55)50-31-34-17-9-7-10-18-34/h6-12,17-20,23-24,28-29,36,38,43-45,53-54H,1,13-16,21-22,25-27,30-33H2,2-5H3,(H,50,55). The molecule has 12 heteroatoms. The number of carbonyl (C=O) groups is 2. The van der Waals surface area contributed by atoms with E-state index in [1.54, 1.807) is 24.1 Å². The summed E-state index contributed by atoms with van der Waals surface area (Å²) >= 11 is 0. The molecule has 3 aliphatic rings. The van der Waals surface area contributed by atoms with Crippen molar-refractivity contribution in [3.8, 4) is 11.5 Å². The number of ether oxygens (including phenoxy) is 4. The molecule has 1 aliphatic heterocycles. The van der Waals surface area contributed by atoms with Crippen molar-refractivity contribution in [1.82, 2.24) is 10.2 Å². The summed E-state index contributed by atoms with van der Waals surface area (Å²) in [4.78, 5) is 35.0. The van der Waals surface area contributed by atoms with E-state index in [-0.39, 0.29) is 62.6 Å². The Kier molecular flexibility index (Phi) is 15.7. The zero-order valence-electron chi connectivity index (χ0n) is 36.1. The number of fused-ring (bicyclic) bond motifs is 2. The highest BCUT2D eigenvalue weighted by Gasteiger charge is 2.65. The summed E-state index contributed by atoms with van der Waals surface area (Å²) in [5, 5.41) is 27.5. The number of unbranched alkanes of at least 4 members (excludes halogenated alkanes) is 2. The minimum Gasteiger partial charge on any atom is -0.459 e. The van der Waals surface area contributed by atoms with E-state index >= 15 is 0 Å². The van der Waals surface area contributed by atoms with Gasteiger partial charge in [0, 0.05) is 44.7 Å². The van der Waals surface area contributed by atoms with Crippen molar-refractivity contribution in [1.29, 1.82) is 0 Å².